The summed E-state index contributed by atoms with van der Waals surface area (Å²) in [5, 5.41) is 5.44. The highest BCUT2D eigenvalue weighted by Gasteiger charge is 2.44. The Morgan fingerprint density at radius 3 is 2.48 bits per heavy atom. The van der Waals surface area contributed by atoms with Crippen LogP contribution in [0.2, 0.25) is 0 Å². The molecule has 1 aliphatic heterocycles. The third-order valence-electron chi connectivity index (χ3n) is 5.29. The summed E-state index contributed by atoms with van der Waals surface area (Å²) in [5.41, 5.74) is 4.38. The molecule has 0 aromatic carbocycles. The molecule has 4 N–H and O–H groups in total. The number of ether oxygens (including phenoxy) is 1. The van der Waals surface area contributed by atoms with Crippen LogP contribution >= 0.6 is 0 Å². The second-order valence-corrected chi connectivity index (χ2v) is 7.18. The van der Waals surface area contributed by atoms with Crippen molar-refractivity contribution >= 4 is 23.7 Å². The average Bonchev–Trinajstić information content (AvgIpc) is 3.31. The van der Waals surface area contributed by atoms with E-state index in [-0.39, 0.29) is 25.0 Å². The van der Waals surface area contributed by atoms with E-state index in [9.17, 15) is 19.2 Å². The maximum absolute atomic E-state index is 12.6. The van der Waals surface area contributed by atoms with Crippen molar-refractivity contribution in [3.63, 3.8) is 0 Å². The predicted molar refractivity (Wildman–Crippen MR) is 97.4 cm³/mol. The molecule has 9 nitrogen and oxygen atoms in total. The number of hydrogen-bond donors (Lipinski definition) is 3. The molecule has 2 aliphatic rings. The van der Waals surface area contributed by atoms with E-state index in [2.05, 4.69) is 10.6 Å². The molecule has 1 heterocycles. The molecule has 152 valence electrons. The van der Waals surface area contributed by atoms with Crippen molar-refractivity contribution in [3.05, 3.63) is 0 Å². The average molecular weight is 382 g/mol. The van der Waals surface area contributed by atoms with Crippen molar-refractivity contribution in [1.82, 2.24) is 15.5 Å². The van der Waals surface area contributed by atoms with Crippen LogP contribution in [0.15, 0.2) is 0 Å². The van der Waals surface area contributed by atoms with Gasteiger partial charge < -0.3 is 26.0 Å². The third-order valence-corrected chi connectivity index (χ3v) is 5.29. The van der Waals surface area contributed by atoms with Gasteiger partial charge in [-0.3, -0.25) is 14.4 Å². The highest BCUT2D eigenvalue weighted by molar-refractivity contribution is 5.94. The summed E-state index contributed by atoms with van der Waals surface area (Å²) in [5.74, 6) is -1.52. The molecule has 2 fully saturated rings. The minimum atomic E-state index is -1.01. The lowest BCUT2D eigenvalue weighted by atomic mass is 9.97. The molecule has 1 saturated heterocycles. The number of amides is 3. The van der Waals surface area contributed by atoms with Gasteiger partial charge in [-0.1, -0.05) is 12.8 Å². The first-order valence-electron chi connectivity index (χ1n) is 9.63. The quantitative estimate of drug-likeness (QED) is 0.506. The Bertz CT molecular complexity index is 588. The van der Waals surface area contributed by atoms with Gasteiger partial charge in [0.05, 0.1) is 13.2 Å². The molecule has 27 heavy (non-hydrogen) atoms. The molecule has 9 heteroatoms. The zero-order valence-electron chi connectivity index (χ0n) is 16.1. The fourth-order valence-corrected chi connectivity index (χ4v) is 3.80. The first-order valence-corrected chi connectivity index (χ1v) is 9.63. The van der Waals surface area contributed by atoms with Crippen molar-refractivity contribution in [1.29, 1.82) is 0 Å². The summed E-state index contributed by atoms with van der Waals surface area (Å²) in [4.78, 5) is 50.8. The van der Waals surface area contributed by atoms with E-state index >= 15 is 0 Å². The highest BCUT2D eigenvalue weighted by Crippen LogP contribution is 2.31. The molecule has 2 atom stereocenters. The minimum Gasteiger partial charge on any atom is -0.464 e. The molecule has 0 radical (unpaired) electrons. The van der Waals surface area contributed by atoms with E-state index in [1.807, 2.05) is 0 Å². The standard InChI is InChI=1S/C18H30N4O5/c1-3-27-17(26)18(8-4-5-9-18)21-15(24)12(2)20-16(25)13-7-6-10-22(13)14(23)11-19/h12-13H,3-11,19H2,1-2H3,(H,20,25)(H,21,24)/t12-,13-/m0/s1. The summed E-state index contributed by atoms with van der Waals surface area (Å²) in [6.07, 6.45) is 3.98. The molecule has 0 aromatic heterocycles. The van der Waals surface area contributed by atoms with Gasteiger partial charge >= 0.3 is 5.97 Å². The van der Waals surface area contributed by atoms with Crippen LogP contribution in [0.4, 0.5) is 0 Å². The number of likely N-dealkylation sites (tertiary alicyclic amines) is 1. The van der Waals surface area contributed by atoms with Crippen molar-refractivity contribution < 1.29 is 23.9 Å². The van der Waals surface area contributed by atoms with Crippen LogP contribution in [-0.2, 0) is 23.9 Å². The Labute approximate surface area is 159 Å². The van der Waals surface area contributed by atoms with Gasteiger partial charge in [0.1, 0.15) is 17.6 Å². The summed E-state index contributed by atoms with van der Waals surface area (Å²) in [6, 6.07) is -1.44. The molecule has 1 saturated carbocycles. The normalized spacial score (nSPS) is 22.2. The Balaban J connectivity index is 1.97. The van der Waals surface area contributed by atoms with Crippen molar-refractivity contribution in [2.45, 2.75) is 70.0 Å². The molecule has 3 amide bonds. The summed E-state index contributed by atoms with van der Waals surface area (Å²) >= 11 is 0. The van der Waals surface area contributed by atoms with Gasteiger partial charge in [0.2, 0.25) is 17.7 Å². The van der Waals surface area contributed by atoms with Crippen molar-refractivity contribution in [2.24, 2.45) is 5.73 Å². The largest absolute Gasteiger partial charge is 0.464 e. The van der Waals surface area contributed by atoms with Gasteiger partial charge in [-0.05, 0) is 39.5 Å². The van der Waals surface area contributed by atoms with Gasteiger partial charge in [0.25, 0.3) is 0 Å². The summed E-state index contributed by atoms with van der Waals surface area (Å²) < 4.78 is 5.13. The third kappa shape index (κ3) is 4.77. The molecule has 0 spiro atoms. The fraction of sp³-hybridized carbons (Fsp3) is 0.778. The number of hydrogen-bond acceptors (Lipinski definition) is 6. The van der Waals surface area contributed by atoms with Gasteiger partial charge in [-0.15, -0.1) is 0 Å². The first-order chi connectivity index (χ1) is 12.8. The Morgan fingerprint density at radius 2 is 1.89 bits per heavy atom. The molecule has 0 bridgehead atoms. The maximum Gasteiger partial charge on any atom is 0.331 e. The van der Waals surface area contributed by atoms with Crippen LogP contribution in [0, 0.1) is 0 Å². The number of nitrogens with two attached hydrogens (primary N) is 1. The van der Waals surface area contributed by atoms with E-state index in [0.29, 0.717) is 25.8 Å². The predicted octanol–water partition coefficient (Wildman–Crippen LogP) is -0.567. The Morgan fingerprint density at radius 1 is 1.22 bits per heavy atom. The zero-order chi connectivity index (χ0) is 20.0. The number of carbonyl (C=O) groups excluding carboxylic acids is 4. The second-order valence-electron chi connectivity index (χ2n) is 7.18. The summed E-state index contributed by atoms with van der Waals surface area (Å²) in [7, 11) is 0. The Hall–Kier alpha value is -2.16. The molecule has 1 aliphatic carbocycles. The van der Waals surface area contributed by atoms with Crippen LogP contribution in [0.5, 0.6) is 0 Å². The fourth-order valence-electron chi connectivity index (χ4n) is 3.80. The van der Waals surface area contributed by atoms with Crippen molar-refractivity contribution in [3.8, 4) is 0 Å². The topological polar surface area (TPSA) is 131 Å². The summed E-state index contributed by atoms with van der Waals surface area (Å²) in [6.45, 7) is 3.87. The number of carbonyl (C=O) groups is 4. The molecular weight excluding hydrogens is 352 g/mol. The number of nitrogens with one attached hydrogen (secondary N) is 2. The van der Waals surface area contributed by atoms with Crippen LogP contribution < -0.4 is 16.4 Å². The monoisotopic (exact) mass is 382 g/mol. The lowest BCUT2D eigenvalue weighted by Gasteiger charge is -2.30. The number of nitrogens with zero attached hydrogens (tertiary/aromatic N) is 1. The molecular formula is C18H30N4O5. The SMILES string of the molecule is CCOC(=O)C1(NC(=O)[C@H](C)NC(=O)[C@@H]2CCCN2C(=O)CN)CCCC1. The van der Waals surface area contributed by atoms with Gasteiger partial charge in [0.15, 0.2) is 0 Å². The lowest BCUT2D eigenvalue weighted by Crippen LogP contribution is -2.59. The zero-order valence-corrected chi connectivity index (χ0v) is 16.1. The molecule has 2 rings (SSSR count). The maximum atomic E-state index is 12.6. The minimum absolute atomic E-state index is 0.151. The number of esters is 1. The first kappa shape index (κ1) is 21.1. The van der Waals surface area contributed by atoms with Gasteiger partial charge in [0, 0.05) is 6.54 Å². The second kappa shape index (κ2) is 9.16. The van der Waals surface area contributed by atoms with E-state index in [1.54, 1.807) is 13.8 Å². The molecule has 0 unspecified atom stereocenters. The van der Waals surface area contributed by atoms with Gasteiger partial charge in [-0.2, -0.15) is 0 Å². The smallest absolute Gasteiger partial charge is 0.331 e. The molecule has 0 aromatic rings. The van der Waals surface area contributed by atoms with Crippen LogP contribution in [0.3, 0.4) is 0 Å². The van der Waals surface area contributed by atoms with E-state index in [0.717, 1.165) is 19.3 Å². The lowest BCUT2D eigenvalue weighted by molar-refractivity contribution is -0.153. The van der Waals surface area contributed by atoms with Crippen LogP contribution in [-0.4, -0.2) is 65.9 Å². The van der Waals surface area contributed by atoms with Crippen molar-refractivity contribution in [2.75, 3.05) is 19.7 Å². The Kier molecular flexibility index (Phi) is 7.18. The van der Waals surface area contributed by atoms with E-state index in [1.165, 1.54) is 4.90 Å². The van der Waals surface area contributed by atoms with Crippen LogP contribution in [0.1, 0.15) is 52.4 Å². The van der Waals surface area contributed by atoms with E-state index in [4.69, 9.17) is 10.5 Å². The van der Waals surface area contributed by atoms with E-state index < -0.39 is 29.5 Å². The van der Waals surface area contributed by atoms with Gasteiger partial charge in [-0.25, -0.2) is 4.79 Å². The highest BCUT2D eigenvalue weighted by atomic mass is 16.5. The number of rotatable bonds is 7. The van der Waals surface area contributed by atoms with Crippen LogP contribution in [0.25, 0.3) is 0 Å².